The molecule has 7 heteroatoms. The molecule has 90 valence electrons. The molecule has 0 unspecified atom stereocenters. The van der Waals surface area contributed by atoms with Crippen molar-refractivity contribution < 1.29 is 19.4 Å². The van der Waals surface area contributed by atoms with Crippen molar-refractivity contribution in [2.24, 2.45) is 0 Å². The number of ether oxygens (including phenoxy) is 2. The molecule has 17 heavy (non-hydrogen) atoms. The van der Waals surface area contributed by atoms with Crippen LogP contribution in [-0.2, 0) is 9.47 Å². The highest BCUT2D eigenvalue weighted by Crippen LogP contribution is 2.22. The van der Waals surface area contributed by atoms with E-state index < -0.39 is 12.3 Å². The Labute approximate surface area is 97.4 Å². The SMILES string of the molecule is COC(=O)c1cc(N)c(C#N)c([C@@H](O)OC)n1. The first kappa shape index (κ1) is 12.9. The van der Waals surface area contributed by atoms with Gasteiger partial charge in [-0.3, -0.25) is 0 Å². The average Bonchev–Trinajstić information content (AvgIpc) is 2.35. The van der Waals surface area contributed by atoms with Gasteiger partial charge in [-0.25, -0.2) is 9.78 Å². The van der Waals surface area contributed by atoms with Crippen molar-refractivity contribution in [3.63, 3.8) is 0 Å². The number of aliphatic hydroxyl groups excluding tert-OH is 1. The van der Waals surface area contributed by atoms with Crippen molar-refractivity contribution in [3.8, 4) is 6.07 Å². The van der Waals surface area contributed by atoms with Gasteiger partial charge in [-0.15, -0.1) is 0 Å². The van der Waals surface area contributed by atoms with E-state index in [1.165, 1.54) is 20.3 Å². The van der Waals surface area contributed by atoms with Crippen molar-refractivity contribution in [2.45, 2.75) is 6.29 Å². The number of methoxy groups -OCH3 is 2. The maximum atomic E-state index is 11.3. The second-order valence-electron chi connectivity index (χ2n) is 3.05. The molecule has 1 heterocycles. The van der Waals surface area contributed by atoms with Crippen LogP contribution in [0, 0.1) is 11.3 Å². The fourth-order valence-electron chi connectivity index (χ4n) is 1.21. The number of anilines is 1. The van der Waals surface area contributed by atoms with E-state index in [2.05, 4.69) is 14.5 Å². The van der Waals surface area contributed by atoms with Crippen LogP contribution in [0.4, 0.5) is 5.69 Å². The Bertz CT molecular complexity index is 481. The molecule has 7 nitrogen and oxygen atoms in total. The molecule has 0 radical (unpaired) electrons. The first-order valence-corrected chi connectivity index (χ1v) is 4.54. The van der Waals surface area contributed by atoms with Gasteiger partial charge in [-0.05, 0) is 6.07 Å². The van der Waals surface area contributed by atoms with Crippen LogP contribution in [0.15, 0.2) is 6.07 Å². The number of esters is 1. The van der Waals surface area contributed by atoms with Gasteiger partial charge in [0.05, 0.1) is 12.8 Å². The van der Waals surface area contributed by atoms with E-state index in [0.717, 1.165) is 0 Å². The summed E-state index contributed by atoms with van der Waals surface area (Å²) in [6, 6.07) is 2.99. The number of hydrogen-bond donors (Lipinski definition) is 2. The molecule has 0 aliphatic carbocycles. The van der Waals surface area contributed by atoms with Gasteiger partial charge in [0.25, 0.3) is 0 Å². The molecular weight excluding hydrogens is 226 g/mol. The number of pyridine rings is 1. The third-order valence-corrected chi connectivity index (χ3v) is 2.04. The van der Waals surface area contributed by atoms with E-state index >= 15 is 0 Å². The van der Waals surface area contributed by atoms with Gasteiger partial charge in [0, 0.05) is 7.11 Å². The summed E-state index contributed by atoms with van der Waals surface area (Å²) in [4.78, 5) is 15.1. The molecule has 0 amide bonds. The van der Waals surface area contributed by atoms with Crippen LogP contribution in [-0.4, -0.2) is 30.3 Å². The highest BCUT2D eigenvalue weighted by atomic mass is 16.6. The quantitative estimate of drug-likeness (QED) is 0.559. The standard InChI is InChI=1S/C10H11N3O4/c1-16-9(14)7-3-6(12)5(4-11)8(13-7)10(15)17-2/h3,10,15H,1-2H3,(H2,12,13)/t10-/m0/s1. The summed E-state index contributed by atoms with van der Waals surface area (Å²) >= 11 is 0. The Morgan fingerprint density at radius 2 is 2.29 bits per heavy atom. The maximum absolute atomic E-state index is 11.3. The zero-order chi connectivity index (χ0) is 13.0. The zero-order valence-electron chi connectivity index (χ0n) is 9.30. The van der Waals surface area contributed by atoms with Crippen LogP contribution in [0.1, 0.15) is 28.0 Å². The molecule has 0 spiro atoms. The first-order valence-electron chi connectivity index (χ1n) is 4.54. The van der Waals surface area contributed by atoms with Gasteiger partial charge in [-0.2, -0.15) is 5.26 Å². The molecule has 3 N–H and O–H groups in total. The van der Waals surface area contributed by atoms with Gasteiger partial charge < -0.3 is 20.3 Å². The predicted octanol–water partition coefficient (Wildman–Crippen LogP) is -0.0406. The van der Waals surface area contributed by atoms with Gasteiger partial charge in [0.1, 0.15) is 17.3 Å². The summed E-state index contributed by atoms with van der Waals surface area (Å²) in [7, 11) is 2.42. The number of hydrogen-bond acceptors (Lipinski definition) is 7. The molecular formula is C10H11N3O4. The molecule has 0 aliphatic heterocycles. The lowest BCUT2D eigenvalue weighted by molar-refractivity contribution is -0.0800. The summed E-state index contributed by atoms with van der Waals surface area (Å²) in [5, 5.41) is 18.4. The largest absolute Gasteiger partial charge is 0.464 e. The number of aliphatic hydroxyl groups is 1. The van der Waals surface area contributed by atoms with Crippen molar-refractivity contribution in [2.75, 3.05) is 20.0 Å². The number of nitriles is 1. The zero-order valence-corrected chi connectivity index (χ0v) is 9.30. The van der Waals surface area contributed by atoms with Crippen LogP contribution in [0.2, 0.25) is 0 Å². The Morgan fingerprint density at radius 1 is 1.65 bits per heavy atom. The second-order valence-corrected chi connectivity index (χ2v) is 3.05. The Morgan fingerprint density at radius 3 is 2.76 bits per heavy atom. The average molecular weight is 237 g/mol. The highest BCUT2D eigenvalue weighted by molar-refractivity contribution is 5.88. The molecule has 0 saturated heterocycles. The topological polar surface area (TPSA) is 118 Å². The summed E-state index contributed by atoms with van der Waals surface area (Å²) in [6.45, 7) is 0. The number of carbonyl (C=O) groups is 1. The van der Waals surface area contributed by atoms with E-state index in [0.29, 0.717) is 0 Å². The van der Waals surface area contributed by atoms with Crippen LogP contribution in [0.5, 0.6) is 0 Å². The van der Waals surface area contributed by atoms with Crippen LogP contribution < -0.4 is 5.73 Å². The molecule has 1 atom stereocenters. The summed E-state index contributed by atoms with van der Waals surface area (Å²) in [5.41, 5.74) is 5.35. The monoisotopic (exact) mass is 237 g/mol. The molecule has 1 rings (SSSR count). The third-order valence-electron chi connectivity index (χ3n) is 2.04. The summed E-state index contributed by atoms with van der Waals surface area (Å²) < 4.78 is 9.11. The van der Waals surface area contributed by atoms with Gasteiger partial charge in [-0.1, -0.05) is 0 Å². The van der Waals surface area contributed by atoms with E-state index in [1.807, 2.05) is 0 Å². The van der Waals surface area contributed by atoms with E-state index in [9.17, 15) is 9.90 Å². The minimum Gasteiger partial charge on any atom is -0.464 e. The predicted molar refractivity (Wildman–Crippen MR) is 56.7 cm³/mol. The van der Waals surface area contributed by atoms with Gasteiger partial charge >= 0.3 is 5.97 Å². The molecule has 1 aromatic rings. The third kappa shape index (κ3) is 2.50. The number of nitrogens with zero attached hydrogens (tertiary/aromatic N) is 2. The number of nitrogens with two attached hydrogens (primary N) is 1. The number of nitrogen functional groups attached to an aromatic ring is 1. The van der Waals surface area contributed by atoms with Crippen LogP contribution in [0.25, 0.3) is 0 Å². The Hall–Kier alpha value is -2.17. The highest BCUT2D eigenvalue weighted by Gasteiger charge is 2.20. The lowest BCUT2D eigenvalue weighted by Crippen LogP contribution is -2.13. The normalized spacial score (nSPS) is 11.6. The Balaban J connectivity index is 3.40. The number of aromatic nitrogens is 1. The smallest absolute Gasteiger partial charge is 0.356 e. The minimum atomic E-state index is -1.43. The van der Waals surface area contributed by atoms with Gasteiger partial charge in [0.2, 0.25) is 0 Å². The fourth-order valence-corrected chi connectivity index (χ4v) is 1.21. The van der Waals surface area contributed by atoms with Crippen molar-refractivity contribution in [1.29, 1.82) is 5.26 Å². The molecule has 0 fully saturated rings. The molecule has 0 aliphatic rings. The van der Waals surface area contributed by atoms with E-state index in [-0.39, 0.29) is 22.6 Å². The second kappa shape index (κ2) is 5.25. The number of rotatable bonds is 3. The summed E-state index contributed by atoms with van der Waals surface area (Å²) in [5.74, 6) is -0.717. The minimum absolute atomic E-state index is 0.0222. The van der Waals surface area contributed by atoms with Crippen molar-refractivity contribution in [1.82, 2.24) is 4.98 Å². The van der Waals surface area contributed by atoms with E-state index in [4.69, 9.17) is 11.0 Å². The first-order chi connectivity index (χ1) is 8.04. The maximum Gasteiger partial charge on any atom is 0.356 e. The Kier molecular flexibility index (Phi) is 3.98. The van der Waals surface area contributed by atoms with Crippen LogP contribution >= 0.6 is 0 Å². The lowest BCUT2D eigenvalue weighted by Gasteiger charge is -2.12. The molecule has 0 saturated carbocycles. The van der Waals surface area contributed by atoms with Crippen LogP contribution in [0.3, 0.4) is 0 Å². The molecule has 1 aromatic heterocycles. The van der Waals surface area contributed by atoms with Crippen molar-refractivity contribution in [3.05, 3.63) is 23.0 Å². The molecule has 0 bridgehead atoms. The van der Waals surface area contributed by atoms with E-state index in [1.54, 1.807) is 6.07 Å². The fraction of sp³-hybridized carbons (Fsp3) is 0.300. The lowest BCUT2D eigenvalue weighted by atomic mass is 10.1. The number of carbonyl (C=O) groups excluding carboxylic acids is 1. The van der Waals surface area contributed by atoms with Crippen molar-refractivity contribution >= 4 is 11.7 Å². The molecule has 0 aromatic carbocycles. The van der Waals surface area contributed by atoms with Gasteiger partial charge in [0.15, 0.2) is 12.0 Å². The summed E-state index contributed by atoms with van der Waals surface area (Å²) in [6.07, 6.45) is -1.43.